The first-order chi connectivity index (χ1) is 12.7. The zero-order valence-corrected chi connectivity index (χ0v) is 15.6. The molecule has 0 saturated carbocycles. The largest absolute Gasteiger partial charge is 0.214 e. The fourth-order valence-electron chi connectivity index (χ4n) is 2.99. The summed E-state index contributed by atoms with van der Waals surface area (Å²) < 4.78 is 1.81. The van der Waals surface area contributed by atoms with Crippen molar-refractivity contribution in [2.24, 2.45) is 0 Å². The van der Waals surface area contributed by atoms with Crippen LogP contribution < -0.4 is 0 Å². The van der Waals surface area contributed by atoms with Gasteiger partial charge in [0, 0.05) is 5.75 Å². The van der Waals surface area contributed by atoms with Gasteiger partial charge in [0.25, 0.3) is 0 Å². The summed E-state index contributed by atoms with van der Waals surface area (Å²) in [6.07, 6.45) is 0. The van der Waals surface area contributed by atoms with E-state index >= 15 is 0 Å². The van der Waals surface area contributed by atoms with Gasteiger partial charge in [0.15, 0.2) is 0 Å². The number of benzene rings is 3. The number of hydrogen-bond donors (Lipinski definition) is 0. The van der Waals surface area contributed by atoms with Gasteiger partial charge in [0.05, 0.1) is 5.69 Å². The molecule has 0 aliphatic rings. The average molecular weight is 360 g/mol. The van der Waals surface area contributed by atoms with Crippen LogP contribution in [0.4, 0.5) is 0 Å². The Balaban J connectivity index is 1.57. The van der Waals surface area contributed by atoms with E-state index < -0.39 is 0 Å². The Morgan fingerprint density at radius 1 is 0.923 bits per heavy atom. The van der Waals surface area contributed by atoms with Crippen LogP contribution in [0.2, 0.25) is 0 Å². The lowest BCUT2D eigenvalue weighted by Gasteiger charge is -2.09. The molecule has 0 aliphatic heterocycles. The fraction of sp³-hybridized carbons (Fsp3) is 0.190. The molecule has 0 bridgehead atoms. The highest BCUT2D eigenvalue weighted by molar-refractivity contribution is 7.98. The summed E-state index contributed by atoms with van der Waals surface area (Å²) in [5, 5.41) is 15.6. The first-order valence-electron chi connectivity index (χ1n) is 8.70. The van der Waals surface area contributed by atoms with Crippen molar-refractivity contribution < 1.29 is 0 Å². The van der Waals surface area contributed by atoms with E-state index in [1.807, 2.05) is 0 Å². The third-order valence-electron chi connectivity index (χ3n) is 4.48. The lowest BCUT2D eigenvalue weighted by atomic mass is 10.0. The Morgan fingerprint density at radius 2 is 1.69 bits per heavy atom. The molecule has 0 N–H and O–H groups in total. The minimum absolute atomic E-state index is 0.512. The molecule has 0 spiro atoms. The van der Waals surface area contributed by atoms with E-state index in [0.29, 0.717) is 5.92 Å². The molecular weight excluding hydrogens is 340 g/mol. The summed E-state index contributed by atoms with van der Waals surface area (Å²) in [5.74, 6) is 1.34. The number of rotatable bonds is 5. The van der Waals surface area contributed by atoms with Gasteiger partial charge < -0.3 is 0 Å². The standard InChI is InChI=1S/C21H20N4S/c1-15(2)16-10-12-19(13-11-16)25-21(22-23-24-25)26-14-18-8-5-7-17-6-3-4-9-20(17)18/h3-13,15H,14H2,1-2H3. The van der Waals surface area contributed by atoms with Gasteiger partial charge in [-0.25, -0.2) is 0 Å². The van der Waals surface area contributed by atoms with E-state index in [1.165, 1.54) is 21.9 Å². The van der Waals surface area contributed by atoms with Crippen molar-refractivity contribution in [2.45, 2.75) is 30.7 Å². The van der Waals surface area contributed by atoms with E-state index in [0.717, 1.165) is 16.6 Å². The highest BCUT2D eigenvalue weighted by Crippen LogP contribution is 2.27. The highest BCUT2D eigenvalue weighted by atomic mass is 32.2. The van der Waals surface area contributed by atoms with Crippen molar-refractivity contribution in [3.05, 3.63) is 77.9 Å². The van der Waals surface area contributed by atoms with Crippen LogP contribution in [0.3, 0.4) is 0 Å². The van der Waals surface area contributed by atoms with Crippen LogP contribution in [0.25, 0.3) is 16.5 Å². The van der Waals surface area contributed by atoms with Gasteiger partial charge in [-0.1, -0.05) is 80.2 Å². The lowest BCUT2D eigenvalue weighted by molar-refractivity contribution is 0.754. The van der Waals surface area contributed by atoms with Crippen molar-refractivity contribution in [2.75, 3.05) is 0 Å². The zero-order valence-electron chi connectivity index (χ0n) is 14.8. The molecule has 0 fully saturated rings. The van der Waals surface area contributed by atoms with Gasteiger partial charge >= 0.3 is 0 Å². The van der Waals surface area contributed by atoms with Gasteiger partial charge in [0.1, 0.15) is 0 Å². The monoisotopic (exact) mass is 360 g/mol. The van der Waals surface area contributed by atoms with Gasteiger partial charge in [-0.2, -0.15) is 4.68 Å². The van der Waals surface area contributed by atoms with Crippen molar-refractivity contribution >= 4 is 22.5 Å². The van der Waals surface area contributed by atoms with Crippen LogP contribution in [0.15, 0.2) is 71.9 Å². The number of fused-ring (bicyclic) bond motifs is 1. The van der Waals surface area contributed by atoms with Crippen LogP contribution in [0, 0.1) is 0 Å². The maximum absolute atomic E-state index is 4.21. The lowest BCUT2D eigenvalue weighted by Crippen LogP contribution is -2.00. The van der Waals surface area contributed by atoms with E-state index in [9.17, 15) is 0 Å². The predicted molar refractivity (Wildman–Crippen MR) is 107 cm³/mol. The average Bonchev–Trinajstić information content (AvgIpc) is 3.15. The molecule has 130 valence electrons. The summed E-state index contributed by atoms with van der Waals surface area (Å²) in [5.41, 5.74) is 3.59. The Kier molecular flexibility index (Phi) is 4.71. The molecule has 1 heterocycles. The minimum atomic E-state index is 0.512. The number of hydrogen-bond acceptors (Lipinski definition) is 4. The molecule has 26 heavy (non-hydrogen) atoms. The van der Waals surface area contributed by atoms with Crippen LogP contribution in [0.5, 0.6) is 0 Å². The third-order valence-corrected chi connectivity index (χ3v) is 5.45. The molecule has 3 aromatic carbocycles. The Labute approximate surface area is 157 Å². The smallest absolute Gasteiger partial charge is 0.188 e. The van der Waals surface area contributed by atoms with E-state index in [2.05, 4.69) is 96.1 Å². The number of thioether (sulfide) groups is 1. The molecule has 1 aromatic heterocycles. The Bertz CT molecular complexity index is 1020. The maximum atomic E-state index is 4.21. The summed E-state index contributed by atoms with van der Waals surface area (Å²) in [7, 11) is 0. The minimum Gasteiger partial charge on any atom is -0.188 e. The number of nitrogens with zero attached hydrogens (tertiary/aromatic N) is 4. The third kappa shape index (κ3) is 3.35. The summed E-state index contributed by atoms with van der Waals surface area (Å²) in [6.45, 7) is 4.38. The van der Waals surface area contributed by atoms with E-state index in [1.54, 1.807) is 16.4 Å². The molecule has 0 aliphatic carbocycles. The van der Waals surface area contributed by atoms with E-state index in [-0.39, 0.29) is 0 Å². The Hall–Kier alpha value is -2.66. The van der Waals surface area contributed by atoms with Crippen LogP contribution in [0.1, 0.15) is 30.9 Å². The van der Waals surface area contributed by atoms with Crippen molar-refractivity contribution in [3.63, 3.8) is 0 Å². The Morgan fingerprint density at radius 3 is 2.50 bits per heavy atom. The van der Waals surface area contributed by atoms with Crippen molar-refractivity contribution in [3.8, 4) is 5.69 Å². The molecule has 0 atom stereocenters. The normalized spacial score (nSPS) is 11.3. The summed E-state index contributed by atoms with van der Waals surface area (Å²) >= 11 is 1.65. The SMILES string of the molecule is CC(C)c1ccc(-n2nnnc2SCc2cccc3ccccc23)cc1. The van der Waals surface area contributed by atoms with Crippen molar-refractivity contribution in [1.29, 1.82) is 0 Å². The molecule has 0 unspecified atom stereocenters. The molecule has 0 radical (unpaired) electrons. The highest BCUT2D eigenvalue weighted by Gasteiger charge is 2.11. The van der Waals surface area contributed by atoms with Gasteiger partial charge in [-0.3, -0.25) is 0 Å². The summed E-state index contributed by atoms with van der Waals surface area (Å²) in [4.78, 5) is 0. The number of tetrazole rings is 1. The van der Waals surface area contributed by atoms with Crippen LogP contribution in [-0.4, -0.2) is 20.2 Å². The first kappa shape index (κ1) is 16.8. The summed E-state index contributed by atoms with van der Waals surface area (Å²) in [6, 6.07) is 23.3. The van der Waals surface area contributed by atoms with Gasteiger partial charge in [-0.05, 0) is 50.4 Å². The zero-order chi connectivity index (χ0) is 17.9. The van der Waals surface area contributed by atoms with Crippen LogP contribution >= 0.6 is 11.8 Å². The molecule has 4 nitrogen and oxygen atoms in total. The second kappa shape index (κ2) is 7.30. The van der Waals surface area contributed by atoms with Crippen LogP contribution in [-0.2, 0) is 5.75 Å². The molecular formula is C21H20N4S. The molecule has 5 heteroatoms. The van der Waals surface area contributed by atoms with Crippen molar-refractivity contribution in [1.82, 2.24) is 20.2 Å². The first-order valence-corrected chi connectivity index (χ1v) is 9.69. The van der Waals surface area contributed by atoms with Gasteiger partial charge in [-0.15, -0.1) is 5.10 Å². The molecule has 0 amide bonds. The predicted octanol–water partition coefficient (Wildman–Crippen LogP) is 5.23. The number of aromatic nitrogens is 4. The molecule has 0 saturated heterocycles. The molecule has 4 aromatic rings. The topological polar surface area (TPSA) is 43.6 Å². The molecule has 4 rings (SSSR count). The second-order valence-electron chi connectivity index (χ2n) is 6.55. The fourth-order valence-corrected chi connectivity index (χ4v) is 3.89. The maximum Gasteiger partial charge on any atom is 0.214 e. The quantitative estimate of drug-likeness (QED) is 0.457. The van der Waals surface area contributed by atoms with Gasteiger partial charge in [0.2, 0.25) is 5.16 Å². The second-order valence-corrected chi connectivity index (χ2v) is 7.49. The van der Waals surface area contributed by atoms with E-state index in [4.69, 9.17) is 0 Å².